The maximum atomic E-state index is 10.5. The summed E-state index contributed by atoms with van der Waals surface area (Å²) >= 11 is 11.1. The van der Waals surface area contributed by atoms with Gasteiger partial charge in [-0.3, -0.25) is 9.59 Å². The van der Waals surface area contributed by atoms with Crippen LogP contribution in [0.4, 0.5) is 0 Å². The Balaban J connectivity index is 0.000000375. The van der Waals surface area contributed by atoms with Gasteiger partial charge in [0, 0.05) is 21.2 Å². The second-order valence-electron chi connectivity index (χ2n) is 4.35. The van der Waals surface area contributed by atoms with Gasteiger partial charge in [-0.1, -0.05) is 23.2 Å². The first-order chi connectivity index (χ1) is 12.0. The molecule has 8 nitrogen and oxygen atoms in total. The fourth-order valence-corrected chi connectivity index (χ4v) is 1.48. The Morgan fingerprint density at radius 1 is 0.615 bits per heavy atom. The third kappa shape index (κ3) is 9.91. The van der Waals surface area contributed by atoms with E-state index in [9.17, 15) is 9.59 Å². The van der Waals surface area contributed by atoms with E-state index in [1.807, 2.05) is 0 Å². The van der Waals surface area contributed by atoms with Gasteiger partial charge in [0.1, 0.15) is 0 Å². The first-order valence-corrected chi connectivity index (χ1v) is 7.37. The van der Waals surface area contributed by atoms with E-state index < -0.39 is 23.8 Å². The van der Waals surface area contributed by atoms with Gasteiger partial charge in [-0.05, 0) is 48.5 Å². The molecule has 0 radical (unpaired) electrons. The van der Waals surface area contributed by atoms with Gasteiger partial charge in [-0.2, -0.15) is 0 Å². The third-order valence-corrected chi connectivity index (χ3v) is 2.94. The normalized spacial score (nSPS) is 8.85. The number of benzene rings is 2. The number of carboxylic acids is 2. The number of nitrogens with two attached hydrogens (primary N) is 2. The van der Waals surface area contributed by atoms with E-state index in [2.05, 4.69) is 0 Å². The average molecular weight is 401 g/mol. The van der Waals surface area contributed by atoms with Crippen LogP contribution in [0.1, 0.15) is 20.7 Å². The maximum absolute atomic E-state index is 10.5. The molecule has 0 bridgehead atoms. The van der Waals surface area contributed by atoms with Crippen LogP contribution in [0.15, 0.2) is 48.5 Å². The molecule has 138 valence electrons. The fourth-order valence-electron chi connectivity index (χ4n) is 1.23. The molecule has 0 spiro atoms. The van der Waals surface area contributed by atoms with Crippen molar-refractivity contribution in [3.05, 3.63) is 69.7 Å². The van der Waals surface area contributed by atoms with Crippen LogP contribution in [-0.4, -0.2) is 34.0 Å². The van der Waals surface area contributed by atoms with E-state index >= 15 is 0 Å². The van der Waals surface area contributed by atoms with Crippen molar-refractivity contribution in [2.24, 2.45) is 11.5 Å². The van der Waals surface area contributed by atoms with E-state index in [4.69, 9.17) is 54.5 Å². The molecule has 26 heavy (non-hydrogen) atoms. The lowest BCUT2D eigenvalue weighted by Gasteiger charge is -1.92. The van der Waals surface area contributed by atoms with Crippen LogP contribution in [0.5, 0.6) is 0 Å². The Morgan fingerprint density at radius 3 is 1.00 bits per heavy atom. The van der Waals surface area contributed by atoms with E-state index in [0.29, 0.717) is 21.2 Å². The summed E-state index contributed by atoms with van der Waals surface area (Å²) in [4.78, 5) is 39.2. The standard InChI is InChI=1S/2C7H6ClNO.C2H2O4/c2*8-6-3-1-5(2-4-6)7(9)10;3-1(4)2(5)6/h2*1-4H,(H2,9,10);(H,3,4)(H,5,6). The van der Waals surface area contributed by atoms with Crippen molar-refractivity contribution in [2.45, 2.75) is 0 Å². The molecule has 2 rings (SSSR count). The van der Waals surface area contributed by atoms with Crippen molar-refractivity contribution in [3.63, 3.8) is 0 Å². The largest absolute Gasteiger partial charge is 0.473 e. The lowest BCUT2D eigenvalue weighted by Crippen LogP contribution is -2.10. The van der Waals surface area contributed by atoms with E-state index in [-0.39, 0.29) is 0 Å². The van der Waals surface area contributed by atoms with Crippen LogP contribution in [0.2, 0.25) is 10.0 Å². The minimum Gasteiger partial charge on any atom is -0.473 e. The smallest absolute Gasteiger partial charge is 0.414 e. The van der Waals surface area contributed by atoms with Crippen molar-refractivity contribution >= 4 is 47.0 Å². The lowest BCUT2D eigenvalue weighted by molar-refractivity contribution is -0.159. The van der Waals surface area contributed by atoms with Crippen LogP contribution >= 0.6 is 23.2 Å². The maximum Gasteiger partial charge on any atom is 0.414 e. The predicted molar refractivity (Wildman–Crippen MR) is 95.2 cm³/mol. The summed E-state index contributed by atoms with van der Waals surface area (Å²) in [6, 6.07) is 12.9. The number of amides is 2. The molecule has 0 saturated heterocycles. The number of hydrogen-bond donors (Lipinski definition) is 4. The number of carboxylic acid groups (broad SMARTS) is 2. The summed E-state index contributed by atoms with van der Waals surface area (Å²) in [5.41, 5.74) is 10.9. The van der Waals surface area contributed by atoms with E-state index in [1.54, 1.807) is 48.5 Å². The molecule has 6 N–H and O–H groups in total. The Labute approximate surface area is 157 Å². The molecule has 2 aromatic carbocycles. The van der Waals surface area contributed by atoms with Crippen LogP contribution in [0.3, 0.4) is 0 Å². The second kappa shape index (κ2) is 11.5. The first kappa shape index (κ1) is 22.9. The number of aliphatic carboxylic acids is 2. The number of carbonyl (C=O) groups excluding carboxylic acids is 2. The van der Waals surface area contributed by atoms with Crippen LogP contribution in [0.25, 0.3) is 0 Å². The van der Waals surface area contributed by atoms with Crippen molar-refractivity contribution in [3.8, 4) is 0 Å². The summed E-state index contributed by atoms with van der Waals surface area (Å²) in [7, 11) is 0. The Kier molecular flexibility index (Phi) is 10.1. The molecule has 0 saturated carbocycles. The highest BCUT2D eigenvalue weighted by Crippen LogP contribution is 2.09. The molecule has 10 heteroatoms. The van der Waals surface area contributed by atoms with Gasteiger partial charge >= 0.3 is 11.9 Å². The van der Waals surface area contributed by atoms with Gasteiger partial charge in [0.05, 0.1) is 0 Å². The molecule has 0 aliphatic rings. The van der Waals surface area contributed by atoms with Crippen LogP contribution in [-0.2, 0) is 9.59 Å². The molecule has 0 fully saturated rings. The second-order valence-corrected chi connectivity index (χ2v) is 5.23. The Morgan fingerprint density at radius 2 is 0.846 bits per heavy atom. The van der Waals surface area contributed by atoms with Gasteiger partial charge < -0.3 is 21.7 Å². The predicted octanol–water partition coefficient (Wildman–Crippen LogP) is 2.03. The zero-order valence-electron chi connectivity index (χ0n) is 13.1. The average Bonchev–Trinajstić information content (AvgIpc) is 2.56. The third-order valence-electron chi connectivity index (χ3n) is 2.44. The molecule has 0 unspecified atom stereocenters. The highest BCUT2D eigenvalue weighted by atomic mass is 35.5. The number of carbonyl (C=O) groups is 4. The monoisotopic (exact) mass is 400 g/mol. The van der Waals surface area contributed by atoms with Crippen LogP contribution in [0, 0.1) is 0 Å². The SMILES string of the molecule is NC(=O)c1ccc(Cl)cc1.NC(=O)c1ccc(Cl)cc1.O=C(O)C(=O)O. The summed E-state index contributed by atoms with van der Waals surface area (Å²) in [6.07, 6.45) is 0. The molecule has 2 amide bonds. The summed E-state index contributed by atoms with van der Waals surface area (Å²) in [5, 5.41) is 16.0. The summed E-state index contributed by atoms with van der Waals surface area (Å²) in [6.45, 7) is 0. The lowest BCUT2D eigenvalue weighted by atomic mass is 10.2. The van der Waals surface area contributed by atoms with Gasteiger partial charge in [0.2, 0.25) is 11.8 Å². The van der Waals surface area contributed by atoms with Crippen molar-refractivity contribution in [2.75, 3.05) is 0 Å². The van der Waals surface area contributed by atoms with Crippen LogP contribution < -0.4 is 11.5 Å². The molecule has 0 aliphatic heterocycles. The molecule has 0 aliphatic carbocycles. The number of halogens is 2. The van der Waals surface area contributed by atoms with E-state index in [1.165, 1.54) is 0 Å². The van der Waals surface area contributed by atoms with Gasteiger partial charge in [0.25, 0.3) is 0 Å². The van der Waals surface area contributed by atoms with Crippen molar-refractivity contribution < 1.29 is 29.4 Å². The van der Waals surface area contributed by atoms with Gasteiger partial charge in [-0.25, -0.2) is 9.59 Å². The Hall–Kier alpha value is -3.10. The van der Waals surface area contributed by atoms with E-state index in [0.717, 1.165) is 0 Å². The Bertz CT molecular complexity index is 709. The number of hydrogen-bond acceptors (Lipinski definition) is 4. The topological polar surface area (TPSA) is 161 Å². The molecule has 0 aromatic heterocycles. The van der Waals surface area contributed by atoms with Gasteiger partial charge in [0.15, 0.2) is 0 Å². The van der Waals surface area contributed by atoms with Crippen molar-refractivity contribution in [1.82, 2.24) is 0 Å². The molecule has 2 aromatic rings. The molecular weight excluding hydrogens is 387 g/mol. The highest BCUT2D eigenvalue weighted by Gasteiger charge is 2.04. The minimum atomic E-state index is -1.82. The number of primary amides is 2. The molecule has 0 atom stereocenters. The molecular formula is C16H14Cl2N2O6. The minimum absolute atomic E-state index is 0.434. The highest BCUT2D eigenvalue weighted by molar-refractivity contribution is 6.31. The first-order valence-electron chi connectivity index (χ1n) is 6.61. The summed E-state index contributed by atoms with van der Waals surface area (Å²) < 4.78 is 0. The van der Waals surface area contributed by atoms with Gasteiger partial charge in [-0.15, -0.1) is 0 Å². The van der Waals surface area contributed by atoms with Crippen molar-refractivity contribution in [1.29, 1.82) is 0 Å². The summed E-state index contributed by atoms with van der Waals surface area (Å²) in [5.74, 6) is -4.52. The molecule has 0 heterocycles. The zero-order chi connectivity index (χ0) is 20.3. The zero-order valence-corrected chi connectivity index (χ0v) is 14.6. The number of rotatable bonds is 2. The quantitative estimate of drug-likeness (QED) is 0.563. The fraction of sp³-hybridized carbons (Fsp3) is 0.